The first-order valence-electron chi connectivity index (χ1n) is 4.51. The molecule has 0 spiro atoms. The van der Waals surface area contributed by atoms with E-state index in [2.05, 4.69) is 28.9 Å². The molecular formula is C9H16N2O2S. The van der Waals surface area contributed by atoms with Gasteiger partial charge in [-0.25, -0.2) is 9.79 Å². The van der Waals surface area contributed by atoms with Gasteiger partial charge in [0.1, 0.15) is 6.04 Å². The number of carbonyl (C=O) groups is 1. The highest BCUT2D eigenvalue weighted by Crippen LogP contribution is 2.22. The topological polar surface area (TPSA) is 50.7 Å². The van der Waals surface area contributed by atoms with Crippen molar-refractivity contribution >= 4 is 22.9 Å². The largest absolute Gasteiger partial charge is 0.467 e. The zero-order valence-corrected chi connectivity index (χ0v) is 9.77. The van der Waals surface area contributed by atoms with Crippen LogP contribution in [0.4, 0.5) is 0 Å². The third-order valence-corrected chi connectivity index (χ3v) is 3.22. The maximum absolute atomic E-state index is 11.1. The molecule has 0 radical (unpaired) electrons. The van der Waals surface area contributed by atoms with Gasteiger partial charge in [-0.05, 0) is 20.8 Å². The standard InChI is InChI=1S/C9H16N2O2S/c1-6(7(12)13-4)10-8-11-9(2,3)5-14-8/h6H,5H2,1-4H3,(H,10,11). The first-order valence-corrected chi connectivity index (χ1v) is 5.50. The molecule has 1 atom stereocenters. The number of thioether (sulfide) groups is 1. The number of methoxy groups -OCH3 is 1. The number of esters is 1. The average molecular weight is 216 g/mol. The molecular weight excluding hydrogens is 200 g/mol. The minimum atomic E-state index is -0.427. The molecule has 1 heterocycles. The molecule has 1 rings (SSSR count). The first-order chi connectivity index (χ1) is 6.44. The third kappa shape index (κ3) is 2.90. The van der Waals surface area contributed by atoms with Crippen LogP contribution in [0.25, 0.3) is 0 Å². The fourth-order valence-corrected chi connectivity index (χ4v) is 2.23. The van der Waals surface area contributed by atoms with Crippen molar-refractivity contribution < 1.29 is 9.53 Å². The smallest absolute Gasteiger partial charge is 0.330 e. The van der Waals surface area contributed by atoms with Crippen molar-refractivity contribution in [1.82, 2.24) is 5.32 Å². The maximum Gasteiger partial charge on any atom is 0.330 e. The van der Waals surface area contributed by atoms with Crippen LogP contribution < -0.4 is 5.32 Å². The molecule has 1 aliphatic rings. The van der Waals surface area contributed by atoms with Crippen molar-refractivity contribution in [3.63, 3.8) is 0 Å². The summed E-state index contributed by atoms with van der Waals surface area (Å²) in [4.78, 5) is 15.3. The summed E-state index contributed by atoms with van der Waals surface area (Å²) in [5.41, 5.74) is 0.0688. The van der Waals surface area contributed by atoms with Gasteiger partial charge in [0.25, 0.3) is 0 Å². The fraction of sp³-hybridized carbons (Fsp3) is 0.778. The van der Waals surface area contributed by atoms with Crippen molar-refractivity contribution in [2.45, 2.75) is 32.4 Å². The van der Waals surface area contributed by atoms with Gasteiger partial charge in [0.2, 0.25) is 0 Å². The molecule has 5 heteroatoms. The number of carbonyl (C=O) groups excluding carboxylic acids is 1. The third-order valence-electron chi connectivity index (χ3n) is 1.87. The lowest BCUT2D eigenvalue weighted by atomic mass is 10.1. The summed E-state index contributed by atoms with van der Waals surface area (Å²) in [6.07, 6.45) is 0. The highest BCUT2D eigenvalue weighted by atomic mass is 32.2. The van der Waals surface area contributed by atoms with E-state index in [9.17, 15) is 4.79 Å². The lowest BCUT2D eigenvalue weighted by Crippen LogP contribution is -2.37. The lowest BCUT2D eigenvalue weighted by Gasteiger charge is -2.16. The van der Waals surface area contributed by atoms with Crippen molar-refractivity contribution in [2.24, 2.45) is 4.99 Å². The molecule has 4 nitrogen and oxygen atoms in total. The Labute approximate surface area is 88.5 Å². The number of aliphatic imine (C=N–C) groups is 1. The number of ether oxygens (including phenoxy) is 1. The summed E-state index contributed by atoms with van der Waals surface area (Å²) in [6.45, 7) is 5.93. The van der Waals surface area contributed by atoms with Crippen LogP contribution in [-0.2, 0) is 9.53 Å². The summed E-state index contributed by atoms with van der Waals surface area (Å²) in [5.74, 6) is 0.671. The summed E-state index contributed by atoms with van der Waals surface area (Å²) < 4.78 is 4.59. The van der Waals surface area contributed by atoms with Gasteiger partial charge in [-0.2, -0.15) is 0 Å². The van der Waals surface area contributed by atoms with E-state index >= 15 is 0 Å². The number of rotatable bonds is 2. The molecule has 1 N–H and O–H groups in total. The summed E-state index contributed by atoms with van der Waals surface area (Å²) >= 11 is 1.64. The van der Waals surface area contributed by atoms with Gasteiger partial charge in [0.05, 0.1) is 7.11 Å². The van der Waals surface area contributed by atoms with E-state index in [-0.39, 0.29) is 11.5 Å². The Hall–Kier alpha value is -0.710. The number of amidine groups is 1. The predicted octanol–water partition coefficient (Wildman–Crippen LogP) is 1.02. The van der Waals surface area contributed by atoms with E-state index in [1.54, 1.807) is 18.7 Å². The Balaban J connectivity index is 2.58. The van der Waals surface area contributed by atoms with E-state index in [1.165, 1.54) is 7.11 Å². The van der Waals surface area contributed by atoms with E-state index in [0.29, 0.717) is 0 Å². The van der Waals surface area contributed by atoms with Crippen LogP contribution in [0, 0.1) is 0 Å². The molecule has 0 saturated carbocycles. The van der Waals surface area contributed by atoms with Crippen molar-refractivity contribution in [3.8, 4) is 0 Å². The SMILES string of the molecule is COC(=O)C(C)N=C1NC(C)(C)CS1. The molecule has 1 aliphatic heterocycles. The predicted molar refractivity (Wildman–Crippen MR) is 58.6 cm³/mol. The Morgan fingerprint density at radius 3 is 2.79 bits per heavy atom. The molecule has 0 aliphatic carbocycles. The molecule has 0 aromatic heterocycles. The second kappa shape index (κ2) is 4.21. The highest BCUT2D eigenvalue weighted by Gasteiger charge is 2.28. The Morgan fingerprint density at radius 2 is 2.36 bits per heavy atom. The monoisotopic (exact) mass is 216 g/mol. The van der Waals surface area contributed by atoms with Crippen LogP contribution in [0.15, 0.2) is 4.99 Å². The number of nitrogens with one attached hydrogen (secondary N) is 1. The molecule has 0 bridgehead atoms. The van der Waals surface area contributed by atoms with Crippen LogP contribution in [-0.4, -0.2) is 35.6 Å². The number of nitrogens with zero attached hydrogens (tertiary/aromatic N) is 1. The molecule has 14 heavy (non-hydrogen) atoms. The zero-order valence-electron chi connectivity index (χ0n) is 8.96. The first kappa shape index (κ1) is 11.4. The van der Waals surface area contributed by atoms with Crippen LogP contribution in [0.2, 0.25) is 0 Å². The van der Waals surface area contributed by atoms with Gasteiger partial charge in [-0.3, -0.25) is 0 Å². The minimum Gasteiger partial charge on any atom is -0.467 e. The summed E-state index contributed by atoms with van der Waals surface area (Å²) in [5, 5.41) is 4.07. The number of hydrogen-bond acceptors (Lipinski definition) is 4. The summed E-state index contributed by atoms with van der Waals surface area (Å²) in [6, 6.07) is -0.427. The van der Waals surface area contributed by atoms with E-state index in [0.717, 1.165) is 10.9 Å². The van der Waals surface area contributed by atoms with Crippen LogP contribution >= 0.6 is 11.8 Å². The van der Waals surface area contributed by atoms with Gasteiger partial charge in [0, 0.05) is 11.3 Å². The van der Waals surface area contributed by atoms with Crippen LogP contribution in [0.3, 0.4) is 0 Å². The molecule has 1 fully saturated rings. The second-order valence-electron chi connectivity index (χ2n) is 3.93. The van der Waals surface area contributed by atoms with E-state index < -0.39 is 6.04 Å². The van der Waals surface area contributed by atoms with E-state index in [4.69, 9.17) is 0 Å². The quantitative estimate of drug-likeness (QED) is 0.700. The van der Waals surface area contributed by atoms with Gasteiger partial charge in [-0.1, -0.05) is 11.8 Å². The van der Waals surface area contributed by atoms with Gasteiger partial charge in [0.15, 0.2) is 5.17 Å². The highest BCUT2D eigenvalue weighted by molar-refractivity contribution is 8.14. The Bertz CT molecular complexity index is 264. The summed E-state index contributed by atoms with van der Waals surface area (Å²) in [7, 11) is 1.37. The van der Waals surface area contributed by atoms with Gasteiger partial charge in [-0.15, -0.1) is 0 Å². The normalized spacial score (nSPS) is 24.4. The molecule has 0 amide bonds. The van der Waals surface area contributed by atoms with Gasteiger partial charge < -0.3 is 10.1 Å². The molecule has 1 unspecified atom stereocenters. The molecule has 1 saturated heterocycles. The van der Waals surface area contributed by atoms with Crippen molar-refractivity contribution in [1.29, 1.82) is 0 Å². The Kier molecular flexibility index (Phi) is 3.42. The lowest BCUT2D eigenvalue weighted by molar-refractivity contribution is -0.141. The van der Waals surface area contributed by atoms with Crippen molar-refractivity contribution in [2.75, 3.05) is 12.9 Å². The molecule has 0 aromatic carbocycles. The van der Waals surface area contributed by atoms with Crippen molar-refractivity contribution in [3.05, 3.63) is 0 Å². The van der Waals surface area contributed by atoms with Gasteiger partial charge >= 0.3 is 5.97 Å². The fourth-order valence-electron chi connectivity index (χ4n) is 1.08. The van der Waals surface area contributed by atoms with E-state index in [1.807, 2.05) is 0 Å². The number of hydrogen-bond donors (Lipinski definition) is 1. The average Bonchev–Trinajstić information content (AvgIpc) is 2.44. The molecule has 0 aromatic rings. The van der Waals surface area contributed by atoms with Crippen LogP contribution in [0.5, 0.6) is 0 Å². The van der Waals surface area contributed by atoms with Crippen LogP contribution in [0.1, 0.15) is 20.8 Å². The Morgan fingerprint density at radius 1 is 1.71 bits per heavy atom. The molecule has 80 valence electrons. The maximum atomic E-state index is 11.1. The second-order valence-corrected chi connectivity index (χ2v) is 4.89. The zero-order chi connectivity index (χ0) is 10.8. The minimum absolute atomic E-state index is 0.0688.